The van der Waals surface area contributed by atoms with Gasteiger partial charge in [-0.1, -0.05) is 27.5 Å². The number of benzene rings is 1. The van der Waals surface area contributed by atoms with Gasteiger partial charge in [0.1, 0.15) is 5.60 Å². The smallest absolute Gasteiger partial charge is 0.410 e. The first-order chi connectivity index (χ1) is 10.7. The summed E-state index contributed by atoms with van der Waals surface area (Å²) in [7, 11) is 0. The Morgan fingerprint density at radius 2 is 2.17 bits per heavy atom. The van der Waals surface area contributed by atoms with Crippen LogP contribution >= 0.6 is 27.5 Å². The van der Waals surface area contributed by atoms with Crippen LogP contribution in [0.5, 0.6) is 0 Å². The van der Waals surface area contributed by atoms with E-state index in [-0.39, 0.29) is 12.2 Å². The van der Waals surface area contributed by atoms with Gasteiger partial charge in [-0.25, -0.2) is 4.79 Å². The van der Waals surface area contributed by atoms with Crippen molar-refractivity contribution in [2.75, 3.05) is 19.7 Å². The van der Waals surface area contributed by atoms with Crippen molar-refractivity contribution in [3.63, 3.8) is 0 Å². The number of amides is 1. The van der Waals surface area contributed by atoms with E-state index in [9.17, 15) is 4.79 Å². The van der Waals surface area contributed by atoms with E-state index in [4.69, 9.17) is 21.1 Å². The van der Waals surface area contributed by atoms with Crippen LogP contribution < -0.4 is 0 Å². The van der Waals surface area contributed by atoms with E-state index in [2.05, 4.69) is 15.9 Å². The second-order valence-corrected chi connectivity index (χ2v) is 8.10. The van der Waals surface area contributed by atoms with Crippen molar-refractivity contribution in [1.82, 2.24) is 4.90 Å². The van der Waals surface area contributed by atoms with Crippen molar-refractivity contribution in [2.24, 2.45) is 0 Å². The summed E-state index contributed by atoms with van der Waals surface area (Å²) in [6.45, 7) is 9.26. The molecule has 1 fully saturated rings. The molecule has 1 saturated heterocycles. The number of aryl methyl sites for hydroxylation is 1. The summed E-state index contributed by atoms with van der Waals surface area (Å²) in [5.74, 6) is 0. The quantitative estimate of drug-likeness (QED) is 0.723. The van der Waals surface area contributed by atoms with Gasteiger partial charge in [0.15, 0.2) is 0 Å². The van der Waals surface area contributed by atoms with Crippen molar-refractivity contribution in [1.29, 1.82) is 0 Å². The summed E-state index contributed by atoms with van der Waals surface area (Å²) in [4.78, 5) is 13.9. The van der Waals surface area contributed by atoms with Crippen molar-refractivity contribution in [3.05, 3.63) is 32.8 Å². The molecule has 1 aliphatic heterocycles. The van der Waals surface area contributed by atoms with Gasteiger partial charge in [-0.05, 0) is 51.0 Å². The Morgan fingerprint density at radius 1 is 1.48 bits per heavy atom. The lowest BCUT2D eigenvalue weighted by Gasteiger charge is -2.34. The van der Waals surface area contributed by atoms with E-state index in [1.165, 1.54) is 0 Å². The molecule has 128 valence electrons. The van der Waals surface area contributed by atoms with Crippen LogP contribution in [0.3, 0.4) is 0 Å². The summed E-state index contributed by atoms with van der Waals surface area (Å²) in [6.07, 6.45) is 0.397. The van der Waals surface area contributed by atoms with Gasteiger partial charge < -0.3 is 14.4 Å². The minimum absolute atomic E-state index is 0.0487. The molecule has 1 aromatic carbocycles. The lowest BCUT2D eigenvalue weighted by molar-refractivity contribution is -0.0416. The Hall–Kier alpha value is -0.780. The van der Waals surface area contributed by atoms with Crippen LogP contribution in [0.4, 0.5) is 4.79 Å². The zero-order valence-electron chi connectivity index (χ0n) is 14.0. The molecule has 1 amide bonds. The van der Waals surface area contributed by atoms with Crippen LogP contribution in [-0.2, 0) is 15.9 Å². The van der Waals surface area contributed by atoms with Crippen molar-refractivity contribution >= 4 is 33.6 Å². The van der Waals surface area contributed by atoms with Crippen molar-refractivity contribution < 1.29 is 14.3 Å². The third-order valence-electron chi connectivity index (χ3n) is 3.61. The first-order valence-electron chi connectivity index (χ1n) is 7.70. The minimum Gasteiger partial charge on any atom is -0.444 e. The highest BCUT2D eigenvalue weighted by molar-refractivity contribution is 9.10. The van der Waals surface area contributed by atoms with Crippen LogP contribution in [0.15, 0.2) is 16.6 Å². The molecule has 0 spiro atoms. The first kappa shape index (κ1) is 18.6. The average Bonchev–Trinajstić information content (AvgIpc) is 2.41. The van der Waals surface area contributed by atoms with Gasteiger partial charge >= 0.3 is 6.09 Å². The van der Waals surface area contributed by atoms with Gasteiger partial charge in [-0.2, -0.15) is 0 Å². The SMILES string of the molecule is Cc1cc(Cl)cc(Br)c1CC1CN(C(=O)OC(C)(C)C)CCO1. The van der Waals surface area contributed by atoms with E-state index in [1.54, 1.807) is 4.90 Å². The standard InChI is InChI=1S/C17H23BrClNO3/c1-11-7-12(19)8-15(18)14(11)9-13-10-20(5-6-22-13)16(21)23-17(2,3)4/h7-8,13H,5-6,9-10H2,1-4H3. The molecule has 1 unspecified atom stereocenters. The Morgan fingerprint density at radius 3 is 2.78 bits per heavy atom. The fourth-order valence-corrected chi connectivity index (χ4v) is 3.68. The number of hydrogen-bond acceptors (Lipinski definition) is 3. The second kappa shape index (κ2) is 7.41. The molecule has 0 bridgehead atoms. The van der Waals surface area contributed by atoms with Crippen LogP contribution in [0.1, 0.15) is 31.9 Å². The summed E-state index contributed by atoms with van der Waals surface area (Å²) in [6, 6.07) is 3.83. The van der Waals surface area contributed by atoms with E-state index >= 15 is 0 Å². The van der Waals surface area contributed by atoms with Crippen LogP contribution in [-0.4, -0.2) is 42.4 Å². The minimum atomic E-state index is -0.485. The third kappa shape index (κ3) is 5.37. The number of carbonyl (C=O) groups excluding carboxylic acids is 1. The molecule has 0 aromatic heterocycles. The molecular weight excluding hydrogens is 382 g/mol. The van der Waals surface area contributed by atoms with Gasteiger partial charge in [0.2, 0.25) is 0 Å². The molecule has 6 heteroatoms. The summed E-state index contributed by atoms with van der Waals surface area (Å²) in [5.41, 5.74) is 1.79. The Labute approximate surface area is 151 Å². The molecule has 4 nitrogen and oxygen atoms in total. The summed E-state index contributed by atoms with van der Waals surface area (Å²) < 4.78 is 12.2. The number of morpholine rings is 1. The van der Waals surface area contributed by atoms with Crippen molar-refractivity contribution in [2.45, 2.75) is 45.8 Å². The number of hydrogen-bond donors (Lipinski definition) is 0. The monoisotopic (exact) mass is 403 g/mol. The van der Waals surface area contributed by atoms with Crippen LogP contribution in [0, 0.1) is 6.92 Å². The van der Waals surface area contributed by atoms with Gasteiger partial charge in [-0.3, -0.25) is 0 Å². The fourth-order valence-electron chi connectivity index (χ4n) is 2.55. The highest BCUT2D eigenvalue weighted by Gasteiger charge is 2.28. The molecule has 1 atom stereocenters. The number of ether oxygens (including phenoxy) is 2. The molecule has 1 aromatic rings. The van der Waals surface area contributed by atoms with Crippen LogP contribution in [0.2, 0.25) is 5.02 Å². The zero-order valence-corrected chi connectivity index (χ0v) is 16.3. The highest BCUT2D eigenvalue weighted by atomic mass is 79.9. The van der Waals surface area contributed by atoms with E-state index in [0.29, 0.717) is 24.7 Å². The Balaban J connectivity index is 2.03. The maximum Gasteiger partial charge on any atom is 0.410 e. The summed E-state index contributed by atoms with van der Waals surface area (Å²) >= 11 is 9.62. The maximum atomic E-state index is 12.2. The molecule has 23 heavy (non-hydrogen) atoms. The fraction of sp³-hybridized carbons (Fsp3) is 0.588. The van der Waals surface area contributed by atoms with E-state index < -0.39 is 5.60 Å². The number of nitrogens with zero attached hydrogens (tertiary/aromatic N) is 1. The molecule has 0 saturated carbocycles. The Bertz CT molecular complexity index is 563. The van der Waals surface area contributed by atoms with Gasteiger partial charge in [0.25, 0.3) is 0 Å². The molecule has 0 aliphatic carbocycles. The first-order valence-corrected chi connectivity index (χ1v) is 8.87. The highest BCUT2D eigenvalue weighted by Crippen LogP contribution is 2.27. The van der Waals surface area contributed by atoms with Gasteiger partial charge in [0.05, 0.1) is 19.3 Å². The lowest BCUT2D eigenvalue weighted by atomic mass is 10.0. The molecule has 1 aliphatic rings. The molecule has 0 radical (unpaired) electrons. The topological polar surface area (TPSA) is 38.8 Å². The average molecular weight is 405 g/mol. The normalized spacial score (nSPS) is 18.9. The molecule has 0 N–H and O–H groups in total. The number of carbonyl (C=O) groups is 1. The summed E-state index contributed by atoms with van der Waals surface area (Å²) in [5, 5.41) is 0.707. The van der Waals surface area contributed by atoms with Gasteiger partial charge in [0, 0.05) is 22.5 Å². The predicted octanol–water partition coefficient (Wildman–Crippen LogP) is 4.59. The van der Waals surface area contributed by atoms with Crippen molar-refractivity contribution in [3.8, 4) is 0 Å². The lowest BCUT2D eigenvalue weighted by Crippen LogP contribution is -2.48. The zero-order chi connectivity index (χ0) is 17.2. The number of halogens is 2. The second-order valence-electron chi connectivity index (χ2n) is 6.81. The molecular formula is C17H23BrClNO3. The third-order valence-corrected chi connectivity index (χ3v) is 4.53. The van der Waals surface area contributed by atoms with E-state index in [0.717, 1.165) is 22.0 Å². The molecule has 2 rings (SSSR count). The maximum absolute atomic E-state index is 12.2. The molecule has 1 heterocycles. The van der Waals surface area contributed by atoms with Crippen LogP contribution in [0.25, 0.3) is 0 Å². The van der Waals surface area contributed by atoms with E-state index in [1.807, 2.05) is 39.8 Å². The van der Waals surface area contributed by atoms with Gasteiger partial charge in [-0.15, -0.1) is 0 Å². The predicted molar refractivity (Wildman–Crippen MR) is 95.1 cm³/mol. The number of rotatable bonds is 2. The largest absolute Gasteiger partial charge is 0.444 e. The Kier molecular flexibility index (Phi) is 5.98.